The SMILES string of the molecule is CCOC(=O)[C@@H]1CCCCC1NC(=O)c1nn(CC2CCCCC2)c2ccccc12. The van der Waals surface area contributed by atoms with Crippen molar-refractivity contribution in [3.8, 4) is 0 Å². The van der Waals surface area contributed by atoms with Crippen molar-refractivity contribution in [1.29, 1.82) is 0 Å². The summed E-state index contributed by atoms with van der Waals surface area (Å²) in [5.41, 5.74) is 1.48. The Morgan fingerprint density at radius 2 is 1.80 bits per heavy atom. The van der Waals surface area contributed by atoms with E-state index in [1.54, 1.807) is 0 Å². The molecule has 1 N–H and O–H groups in total. The van der Waals surface area contributed by atoms with Crippen molar-refractivity contribution in [3.05, 3.63) is 30.0 Å². The van der Waals surface area contributed by atoms with Gasteiger partial charge in [0.2, 0.25) is 0 Å². The fraction of sp³-hybridized carbons (Fsp3) is 0.625. The van der Waals surface area contributed by atoms with Crippen molar-refractivity contribution in [1.82, 2.24) is 15.1 Å². The predicted molar refractivity (Wildman–Crippen MR) is 116 cm³/mol. The first-order valence-corrected chi connectivity index (χ1v) is 11.6. The summed E-state index contributed by atoms with van der Waals surface area (Å²) >= 11 is 0. The third-order valence-electron chi connectivity index (χ3n) is 6.70. The largest absolute Gasteiger partial charge is 0.466 e. The standard InChI is InChI=1S/C24H33N3O3/c1-2-30-24(29)18-12-6-8-14-20(18)25-23(28)22-19-13-7-9-15-21(19)27(26-22)16-17-10-4-3-5-11-17/h7,9,13,15,17-18,20H,2-6,8,10-12,14,16H2,1H3,(H,25,28)/t18-,20?/m1/s1. The molecule has 4 rings (SSSR count). The number of hydrogen-bond donors (Lipinski definition) is 1. The maximum absolute atomic E-state index is 13.2. The molecule has 2 saturated carbocycles. The molecule has 1 heterocycles. The Labute approximate surface area is 178 Å². The first-order valence-electron chi connectivity index (χ1n) is 11.6. The zero-order valence-electron chi connectivity index (χ0n) is 17.9. The van der Waals surface area contributed by atoms with E-state index in [0.29, 0.717) is 18.2 Å². The van der Waals surface area contributed by atoms with Gasteiger partial charge in [-0.2, -0.15) is 5.10 Å². The van der Waals surface area contributed by atoms with Crippen molar-refractivity contribution >= 4 is 22.8 Å². The molecule has 2 aliphatic rings. The highest BCUT2D eigenvalue weighted by atomic mass is 16.5. The lowest BCUT2D eigenvalue weighted by Crippen LogP contribution is -2.45. The van der Waals surface area contributed by atoms with Gasteiger partial charge >= 0.3 is 5.97 Å². The number of carbonyl (C=O) groups excluding carboxylic acids is 2. The molecule has 1 aromatic carbocycles. The van der Waals surface area contributed by atoms with E-state index < -0.39 is 0 Å². The zero-order valence-corrected chi connectivity index (χ0v) is 17.9. The molecule has 2 aromatic rings. The number of esters is 1. The third kappa shape index (κ3) is 4.52. The fourth-order valence-electron chi connectivity index (χ4n) is 5.12. The normalized spacial score (nSPS) is 22.7. The highest BCUT2D eigenvalue weighted by Gasteiger charge is 2.34. The number of ether oxygens (including phenoxy) is 1. The molecule has 30 heavy (non-hydrogen) atoms. The summed E-state index contributed by atoms with van der Waals surface area (Å²) in [7, 11) is 0. The summed E-state index contributed by atoms with van der Waals surface area (Å²) in [6, 6.07) is 7.78. The molecule has 0 spiro atoms. The van der Waals surface area contributed by atoms with E-state index in [9.17, 15) is 9.59 Å². The summed E-state index contributed by atoms with van der Waals surface area (Å²) in [4.78, 5) is 25.6. The third-order valence-corrected chi connectivity index (χ3v) is 6.70. The molecule has 0 aliphatic heterocycles. The number of fused-ring (bicyclic) bond motifs is 1. The number of aromatic nitrogens is 2. The lowest BCUT2D eigenvalue weighted by molar-refractivity contribution is -0.150. The van der Waals surface area contributed by atoms with Gasteiger partial charge in [-0.05, 0) is 44.6 Å². The number of nitrogens with zero attached hydrogens (tertiary/aromatic N) is 2. The van der Waals surface area contributed by atoms with Crippen LogP contribution in [0.2, 0.25) is 0 Å². The highest BCUT2D eigenvalue weighted by Crippen LogP contribution is 2.29. The predicted octanol–water partition coefficient (Wildman–Crippen LogP) is 4.47. The van der Waals surface area contributed by atoms with Crippen LogP contribution in [-0.2, 0) is 16.1 Å². The van der Waals surface area contributed by atoms with Crippen LogP contribution in [0.5, 0.6) is 0 Å². The van der Waals surface area contributed by atoms with E-state index in [0.717, 1.165) is 43.1 Å². The molecule has 1 unspecified atom stereocenters. The van der Waals surface area contributed by atoms with Gasteiger partial charge in [0.1, 0.15) is 0 Å². The second-order valence-electron chi connectivity index (χ2n) is 8.77. The number of rotatable bonds is 6. The van der Waals surface area contributed by atoms with Crippen molar-refractivity contribution in [2.75, 3.05) is 6.61 Å². The molecule has 0 bridgehead atoms. The Kier molecular flexibility index (Phi) is 6.70. The van der Waals surface area contributed by atoms with Gasteiger partial charge in [0.05, 0.1) is 18.0 Å². The van der Waals surface area contributed by atoms with Crippen LogP contribution in [0.3, 0.4) is 0 Å². The zero-order chi connectivity index (χ0) is 20.9. The topological polar surface area (TPSA) is 73.2 Å². The van der Waals surface area contributed by atoms with E-state index in [2.05, 4.69) is 5.32 Å². The van der Waals surface area contributed by atoms with E-state index in [-0.39, 0.29) is 23.8 Å². The summed E-state index contributed by atoms with van der Waals surface area (Å²) in [5.74, 6) is -0.0206. The lowest BCUT2D eigenvalue weighted by atomic mass is 9.84. The summed E-state index contributed by atoms with van der Waals surface area (Å²) < 4.78 is 7.27. The highest BCUT2D eigenvalue weighted by molar-refractivity contribution is 6.05. The molecule has 2 aliphatic carbocycles. The van der Waals surface area contributed by atoms with Gasteiger partial charge in [0, 0.05) is 18.0 Å². The van der Waals surface area contributed by atoms with Crippen LogP contribution < -0.4 is 5.32 Å². The number of carbonyl (C=O) groups is 2. The van der Waals surface area contributed by atoms with Gasteiger partial charge in [-0.1, -0.05) is 50.3 Å². The number of amides is 1. The second-order valence-corrected chi connectivity index (χ2v) is 8.77. The van der Waals surface area contributed by atoms with Gasteiger partial charge in [-0.25, -0.2) is 0 Å². The molecule has 6 nitrogen and oxygen atoms in total. The molecule has 0 saturated heterocycles. The van der Waals surface area contributed by atoms with Crippen LogP contribution in [0.25, 0.3) is 10.9 Å². The molecule has 2 atom stereocenters. The van der Waals surface area contributed by atoms with Gasteiger partial charge in [0.25, 0.3) is 5.91 Å². The van der Waals surface area contributed by atoms with Crippen LogP contribution in [0.15, 0.2) is 24.3 Å². The van der Waals surface area contributed by atoms with E-state index >= 15 is 0 Å². The smallest absolute Gasteiger partial charge is 0.311 e. The molecule has 0 radical (unpaired) electrons. The van der Waals surface area contributed by atoms with Crippen LogP contribution in [0.1, 0.15) is 75.2 Å². The first-order chi connectivity index (χ1) is 14.7. The van der Waals surface area contributed by atoms with Crippen LogP contribution >= 0.6 is 0 Å². The van der Waals surface area contributed by atoms with Crippen LogP contribution in [0.4, 0.5) is 0 Å². The van der Waals surface area contributed by atoms with Crippen molar-refractivity contribution in [2.45, 2.75) is 77.3 Å². The monoisotopic (exact) mass is 411 g/mol. The molecule has 2 fully saturated rings. The van der Waals surface area contributed by atoms with Crippen LogP contribution in [-0.4, -0.2) is 34.3 Å². The van der Waals surface area contributed by atoms with Crippen molar-refractivity contribution in [3.63, 3.8) is 0 Å². The number of benzene rings is 1. The Morgan fingerprint density at radius 3 is 2.60 bits per heavy atom. The summed E-state index contributed by atoms with van der Waals surface area (Å²) in [6.07, 6.45) is 9.94. The first kappa shape index (κ1) is 20.9. The average molecular weight is 412 g/mol. The molecule has 1 amide bonds. The average Bonchev–Trinajstić information content (AvgIpc) is 3.14. The minimum absolute atomic E-state index is 0.185. The molecule has 162 valence electrons. The van der Waals surface area contributed by atoms with Crippen molar-refractivity contribution < 1.29 is 14.3 Å². The molecular weight excluding hydrogens is 378 g/mol. The van der Waals surface area contributed by atoms with E-state index in [1.165, 1.54) is 32.1 Å². The fourth-order valence-corrected chi connectivity index (χ4v) is 5.12. The van der Waals surface area contributed by atoms with Gasteiger partial charge in [-0.15, -0.1) is 0 Å². The molecule has 6 heteroatoms. The Morgan fingerprint density at radius 1 is 1.07 bits per heavy atom. The minimum atomic E-state index is -0.266. The van der Waals surface area contributed by atoms with Gasteiger partial charge in [-0.3, -0.25) is 14.3 Å². The molecular formula is C24H33N3O3. The Balaban J connectivity index is 1.54. The Hall–Kier alpha value is -2.37. The van der Waals surface area contributed by atoms with Crippen molar-refractivity contribution in [2.24, 2.45) is 11.8 Å². The summed E-state index contributed by atoms with van der Waals surface area (Å²) in [5, 5.41) is 8.75. The quantitative estimate of drug-likeness (QED) is 0.712. The number of para-hydroxylation sites is 1. The van der Waals surface area contributed by atoms with Gasteiger partial charge in [0.15, 0.2) is 5.69 Å². The van der Waals surface area contributed by atoms with Crippen LogP contribution in [0, 0.1) is 11.8 Å². The van der Waals surface area contributed by atoms with E-state index in [1.807, 2.05) is 35.9 Å². The lowest BCUT2D eigenvalue weighted by Gasteiger charge is -2.30. The summed E-state index contributed by atoms with van der Waals surface area (Å²) in [6.45, 7) is 3.05. The maximum atomic E-state index is 13.2. The number of hydrogen-bond acceptors (Lipinski definition) is 4. The second kappa shape index (κ2) is 9.63. The van der Waals surface area contributed by atoms with E-state index in [4.69, 9.17) is 9.84 Å². The number of nitrogens with one attached hydrogen (secondary N) is 1. The Bertz CT molecular complexity index is 885. The van der Waals surface area contributed by atoms with Gasteiger partial charge < -0.3 is 10.1 Å². The minimum Gasteiger partial charge on any atom is -0.466 e. The maximum Gasteiger partial charge on any atom is 0.311 e. The molecule has 1 aromatic heterocycles.